The molecular weight excluding hydrogens is 595 g/mol. The second-order valence-electron chi connectivity index (χ2n) is 8.91. The van der Waals surface area contributed by atoms with Crippen molar-refractivity contribution in [2.75, 3.05) is 11.2 Å². The number of anilines is 1. The highest BCUT2D eigenvalue weighted by atomic mass is 35.5. The van der Waals surface area contributed by atoms with Crippen molar-refractivity contribution in [1.82, 2.24) is 25.0 Å². The SMILES string of the molecule is O=P(O)(O)CP(=O)(O)C(F)(F)C[C@H]1C[C@@H](n2nnc3c(NCc4ccccc4Cl)nc(Cl)nc32)[C@H](O)[C@@H]1O. The quantitative estimate of drug-likeness (QED) is 0.152. The Hall–Kier alpha value is -1.80. The van der Waals surface area contributed by atoms with Crippen LogP contribution in [0.4, 0.5) is 14.6 Å². The fourth-order valence-electron chi connectivity index (χ4n) is 4.33. The number of aliphatic hydroxyl groups excluding tert-OH is 2. The van der Waals surface area contributed by atoms with E-state index in [-0.39, 0.29) is 35.2 Å². The minimum atomic E-state index is -5.66. The van der Waals surface area contributed by atoms with Crippen LogP contribution in [0.3, 0.4) is 0 Å². The van der Waals surface area contributed by atoms with Crippen LogP contribution < -0.4 is 5.32 Å². The predicted molar refractivity (Wildman–Crippen MR) is 132 cm³/mol. The second kappa shape index (κ2) is 10.6. The zero-order valence-electron chi connectivity index (χ0n) is 19.1. The van der Waals surface area contributed by atoms with Gasteiger partial charge in [-0.15, -0.1) is 5.10 Å². The van der Waals surface area contributed by atoms with Gasteiger partial charge in [0.15, 0.2) is 17.0 Å². The summed E-state index contributed by atoms with van der Waals surface area (Å²) in [6.07, 6.45) is -5.21. The molecule has 38 heavy (non-hydrogen) atoms. The van der Waals surface area contributed by atoms with E-state index in [2.05, 4.69) is 25.6 Å². The molecule has 1 fully saturated rings. The van der Waals surface area contributed by atoms with Crippen LogP contribution in [0.1, 0.15) is 24.4 Å². The molecule has 0 aliphatic heterocycles. The molecule has 2 aromatic heterocycles. The number of aromatic nitrogens is 5. The number of fused-ring (bicyclic) bond motifs is 1. The minimum Gasteiger partial charge on any atom is -0.390 e. The molecule has 208 valence electrons. The van der Waals surface area contributed by atoms with Crippen molar-refractivity contribution in [2.45, 2.75) is 43.3 Å². The number of halogens is 4. The van der Waals surface area contributed by atoms with Crippen LogP contribution >= 0.6 is 38.2 Å². The van der Waals surface area contributed by atoms with Crippen LogP contribution in [-0.2, 0) is 15.7 Å². The van der Waals surface area contributed by atoms with E-state index in [1.807, 2.05) is 0 Å². The second-order valence-corrected chi connectivity index (χ2v) is 14.2. The molecule has 13 nitrogen and oxygen atoms in total. The summed E-state index contributed by atoms with van der Waals surface area (Å²) in [6.45, 7) is 0.229. The van der Waals surface area contributed by atoms with E-state index >= 15 is 0 Å². The largest absolute Gasteiger partial charge is 0.390 e. The maximum Gasteiger partial charge on any atom is 0.335 e. The van der Waals surface area contributed by atoms with Gasteiger partial charge in [-0.3, -0.25) is 9.13 Å². The van der Waals surface area contributed by atoms with Crippen LogP contribution in [0.25, 0.3) is 11.2 Å². The molecule has 1 aliphatic rings. The Bertz CT molecular complexity index is 1440. The lowest BCUT2D eigenvalue weighted by Crippen LogP contribution is -2.32. The zero-order chi connectivity index (χ0) is 28.0. The van der Waals surface area contributed by atoms with Crippen molar-refractivity contribution >= 4 is 55.1 Å². The van der Waals surface area contributed by atoms with Gasteiger partial charge in [0.1, 0.15) is 12.0 Å². The number of nitrogens with one attached hydrogen (secondary N) is 1. The molecule has 1 saturated carbocycles. The molecule has 1 aromatic carbocycles. The smallest absolute Gasteiger partial charge is 0.335 e. The van der Waals surface area contributed by atoms with Gasteiger partial charge < -0.3 is 30.2 Å². The van der Waals surface area contributed by atoms with Crippen molar-refractivity contribution in [3.05, 3.63) is 40.1 Å². The lowest BCUT2D eigenvalue weighted by molar-refractivity contribution is -0.0195. The number of benzene rings is 1. The molecule has 0 bridgehead atoms. The maximum atomic E-state index is 14.6. The number of hydrogen-bond donors (Lipinski definition) is 6. The topological polar surface area (TPSA) is 204 Å². The highest BCUT2D eigenvalue weighted by Gasteiger charge is 2.56. The molecule has 4 rings (SSSR count). The summed E-state index contributed by atoms with van der Waals surface area (Å²) in [5.41, 5.74) is -3.56. The molecule has 0 radical (unpaired) electrons. The van der Waals surface area contributed by atoms with E-state index in [0.29, 0.717) is 5.02 Å². The third-order valence-corrected chi connectivity index (χ3v) is 10.9. The monoisotopic (exact) mass is 616 g/mol. The molecule has 5 atom stereocenters. The van der Waals surface area contributed by atoms with Crippen molar-refractivity contribution in [2.24, 2.45) is 5.92 Å². The molecule has 19 heteroatoms. The fourth-order valence-corrected chi connectivity index (χ4v) is 8.04. The molecule has 2 heterocycles. The lowest BCUT2D eigenvalue weighted by Gasteiger charge is -2.26. The summed E-state index contributed by atoms with van der Waals surface area (Å²) in [5, 5.41) is 32.3. The summed E-state index contributed by atoms with van der Waals surface area (Å²) >= 11 is 12.2. The first-order valence-corrected chi connectivity index (χ1v) is 15.4. The minimum absolute atomic E-state index is 0.0182. The highest BCUT2D eigenvalue weighted by molar-refractivity contribution is 7.73. The van der Waals surface area contributed by atoms with Crippen LogP contribution in [0.15, 0.2) is 24.3 Å². The Morgan fingerprint density at radius 2 is 1.79 bits per heavy atom. The summed E-state index contributed by atoms with van der Waals surface area (Å²) in [5.74, 6) is -3.19. The van der Waals surface area contributed by atoms with Gasteiger partial charge in [0.25, 0.3) is 7.37 Å². The first-order chi connectivity index (χ1) is 17.6. The van der Waals surface area contributed by atoms with Crippen LogP contribution in [0.2, 0.25) is 10.3 Å². The van der Waals surface area contributed by atoms with Gasteiger partial charge >= 0.3 is 13.3 Å². The van der Waals surface area contributed by atoms with Gasteiger partial charge in [-0.05, 0) is 35.6 Å². The molecule has 0 spiro atoms. The summed E-state index contributed by atoms with van der Waals surface area (Å²) in [7, 11) is -10.9. The first kappa shape index (κ1) is 29.2. The fraction of sp³-hybridized carbons (Fsp3) is 0.474. The lowest BCUT2D eigenvalue weighted by atomic mass is 10.0. The molecule has 1 unspecified atom stereocenters. The number of aliphatic hydroxyl groups is 2. The van der Waals surface area contributed by atoms with Crippen molar-refractivity contribution in [3.63, 3.8) is 0 Å². The number of hydrogen-bond acceptors (Lipinski definition) is 9. The van der Waals surface area contributed by atoms with E-state index in [1.54, 1.807) is 24.3 Å². The van der Waals surface area contributed by atoms with Gasteiger partial charge in [0.2, 0.25) is 5.28 Å². The maximum absolute atomic E-state index is 14.6. The molecule has 1 aliphatic carbocycles. The Morgan fingerprint density at radius 3 is 2.45 bits per heavy atom. The average molecular weight is 617 g/mol. The van der Waals surface area contributed by atoms with Gasteiger partial charge in [-0.2, -0.15) is 18.7 Å². The molecule has 3 aromatic rings. The Balaban J connectivity index is 1.58. The standard InChI is InChI=1S/C19H22Cl2F2N6O7P2/c20-11-4-2-1-3-9(11)7-24-16-13-17(26-18(21)25-16)29(28-27-13)12-5-10(14(30)15(12)31)6-19(22,23)37(32,33)8-38(34,35)36/h1-4,10,12,14-15,30-31H,5-8H2,(H,32,33)(H,24,25,26)(H2,34,35,36)/t10-,12-,14-,15+/m1/s1. The summed E-state index contributed by atoms with van der Waals surface area (Å²) < 4.78 is 53.5. The number of nitrogens with zero attached hydrogens (tertiary/aromatic N) is 5. The average Bonchev–Trinajstić information content (AvgIpc) is 3.32. The van der Waals surface area contributed by atoms with Crippen LogP contribution in [0, 0.1) is 5.92 Å². The Morgan fingerprint density at radius 1 is 1.11 bits per heavy atom. The number of alkyl halides is 2. The Labute approximate surface area is 223 Å². The van der Waals surface area contributed by atoms with E-state index < -0.39 is 57.1 Å². The zero-order valence-corrected chi connectivity index (χ0v) is 22.4. The summed E-state index contributed by atoms with van der Waals surface area (Å²) in [6, 6.07) is 5.89. The van der Waals surface area contributed by atoms with Gasteiger partial charge in [0.05, 0.1) is 12.1 Å². The van der Waals surface area contributed by atoms with E-state index in [9.17, 15) is 33.0 Å². The van der Waals surface area contributed by atoms with E-state index in [4.69, 9.17) is 33.0 Å². The molecule has 0 amide bonds. The van der Waals surface area contributed by atoms with Crippen LogP contribution in [0.5, 0.6) is 0 Å². The third-order valence-electron chi connectivity index (χ3n) is 6.18. The molecular formula is C19H22Cl2F2N6O7P2. The van der Waals surface area contributed by atoms with Gasteiger partial charge in [-0.25, -0.2) is 4.68 Å². The Kier molecular flexibility index (Phi) is 8.17. The van der Waals surface area contributed by atoms with Crippen LogP contribution in [-0.4, -0.2) is 73.6 Å². The normalized spacial score (nSPS) is 24.0. The summed E-state index contributed by atoms with van der Waals surface area (Å²) in [4.78, 5) is 35.7. The van der Waals surface area contributed by atoms with Crippen molar-refractivity contribution in [1.29, 1.82) is 0 Å². The van der Waals surface area contributed by atoms with E-state index in [0.717, 1.165) is 10.2 Å². The third kappa shape index (κ3) is 6.01. The van der Waals surface area contributed by atoms with E-state index in [1.165, 1.54) is 0 Å². The molecule has 6 N–H and O–H groups in total. The van der Waals surface area contributed by atoms with Crippen molar-refractivity contribution < 1.29 is 42.8 Å². The first-order valence-electron chi connectivity index (χ1n) is 11.0. The van der Waals surface area contributed by atoms with Gasteiger partial charge in [0, 0.05) is 18.0 Å². The van der Waals surface area contributed by atoms with Crippen molar-refractivity contribution in [3.8, 4) is 0 Å². The highest BCUT2D eigenvalue weighted by Crippen LogP contribution is 2.66. The van der Waals surface area contributed by atoms with Gasteiger partial charge in [-0.1, -0.05) is 35.0 Å². The molecule has 0 saturated heterocycles. The number of rotatable bonds is 9. The predicted octanol–water partition coefficient (Wildman–Crippen LogP) is 2.81.